The van der Waals surface area contributed by atoms with Gasteiger partial charge in [0, 0.05) is 29.5 Å². The molecule has 6 nitrogen and oxygen atoms in total. The highest BCUT2D eigenvalue weighted by Crippen LogP contribution is 2.47. The van der Waals surface area contributed by atoms with Gasteiger partial charge in [-0.15, -0.1) is 12.4 Å². The zero-order chi connectivity index (χ0) is 24.3. The number of benzene rings is 2. The van der Waals surface area contributed by atoms with Gasteiger partial charge in [0.25, 0.3) is 0 Å². The third-order valence-electron chi connectivity index (χ3n) is 7.07. The van der Waals surface area contributed by atoms with Crippen LogP contribution in [0, 0.1) is 51.7 Å². The highest BCUT2D eigenvalue weighted by molar-refractivity contribution is 5.85. The quantitative estimate of drug-likeness (QED) is 0.286. The molecule has 7 heteroatoms. The molecule has 0 unspecified atom stereocenters. The lowest BCUT2D eigenvalue weighted by Gasteiger charge is -2.18. The lowest BCUT2D eigenvalue weighted by molar-refractivity contribution is -0.386. The third-order valence-corrected chi connectivity index (χ3v) is 7.07. The first kappa shape index (κ1) is 26.8. The summed E-state index contributed by atoms with van der Waals surface area (Å²) in [6, 6.07) is 0. The first-order valence-electron chi connectivity index (χ1n) is 11.1. The molecule has 2 heterocycles. The molecular formula is C26H37ClN2O4. The number of fused-ring (bicyclic) bond motifs is 2. The molecule has 33 heavy (non-hydrogen) atoms. The molecule has 0 aromatic heterocycles. The normalized spacial score (nSPS) is 16.4. The van der Waals surface area contributed by atoms with Crippen molar-refractivity contribution in [3.8, 4) is 11.5 Å². The average Bonchev–Trinajstić information content (AvgIpc) is 3.18. The molecule has 2 aliphatic heterocycles. The number of nitro groups is 1. The van der Waals surface area contributed by atoms with Gasteiger partial charge in [0.2, 0.25) is 5.75 Å². The van der Waals surface area contributed by atoms with Crippen LogP contribution in [0.5, 0.6) is 11.5 Å². The van der Waals surface area contributed by atoms with Crippen molar-refractivity contribution in [2.45, 2.75) is 93.3 Å². The number of nitrogen functional groups attached to an aromatic ring is 1. The number of hydrogen-bond acceptors (Lipinski definition) is 5. The number of nitrogens with two attached hydrogens (primary N) is 1. The van der Waals surface area contributed by atoms with E-state index in [0.717, 1.165) is 46.5 Å². The van der Waals surface area contributed by atoms with Crippen molar-refractivity contribution in [3.05, 3.63) is 54.6 Å². The van der Waals surface area contributed by atoms with Crippen LogP contribution in [0.25, 0.3) is 0 Å². The highest BCUT2D eigenvalue weighted by Gasteiger charge is 2.39. The van der Waals surface area contributed by atoms with Gasteiger partial charge in [0.05, 0.1) is 10.6 Å². The molecule has 0 spiro atoms. The average molecular weight is 477 g/mol. The van der Waals surface area contributed by atoms with Crippen molar-refractivity contribution in [1.82, 2.24) is 0 Å². The van der Waals surface area contributed by atoms with E-state index in [9.17, 15) is 10.1 Å². The summed E-state index contributed by atoms with van der Waals surface area (Å²) in [7, 11) is 0. The first-order valence-corrected chi connectivity index (χ1v) is 11.1. The number of ether oxygens (including phenoxy) is 2. The van der Waals surface area contributed by atoms with Crippen LogP contribution < -0.4 is 15.2 Å². The summed E-state index contributed by atoms with van der Waals surface area (Å²) in [4.78, 5) is 10.9. The number of rotatable bonds is 1. The Kier molecular flexibility index (Phi) is 7.07. The van der Waals surface area contributed by atoms with Crippen molar-refractivity contribution >= 4 is 23.8 Å². The molecule has 0 atom stereocenters. The molecule has 2 aliphatic rings. The first-order chi connectivity index (χ1) is 14.6. The Morgan fingerprint density at radius 2 is 1.12 bits per heavy atom. The smallest absolute Gasteiger partial charge is 0.314 e. The van der Waals surface area contributed by atoms with Crippen LogP contribution in [0.2, 0.25) is 0 Å². The number of anilines is 1. The zero-order valence-electron chi connectivity index (χ0n) is 21.5. The summed E-state index contributed by atoms with van der Waals surface area (Å²) in [5.41, 5.74) is 15.5. The van der Waals surface area contributed by atoms with E-state index < -0.39 is 0 Å². The number of hydrogen-bond donors (Lipinski definition) is 1. The van der Waals surface area contributed by atoms with Crippen molar-refractivity contribution in [2.75, 3.05) is 5.73 Å². The van der Waals surface area contributed by atoms with Gasteiger partial charge in [-0.1, -0.05) is 0 Å². The monoisotopic (exact) mass is 476 g/mol. The summed E-state index contributed by atoms with van der Waals surface area (Å²) in [5, 5.41) is 11.2. The Bertz CT molecular complexity index is 1100. The van der Waals surface area contributed by atoms with Crippen LogP contribution >= 0.6 is 12.4 Å². The summed E-state index contributed by atoms with van der Waals surface area (Å²) in [6.45, 7) is 20.2. The number of nitrogens with zero attached hydrogens (tertiary/aromatic N) is 1. The molecule has 0 amide bonds. The van der Waals surface area contributed by atoms with Gasteiger partial charge in [-0.2, -0.15) is 0 Å². The third kappa shape index (κ3) is 4.63. The standard InChI is InChI=1S/C13H17NO3.C13H19NO.ClH/c1-7-8(2)10-6-13(4,5)17-12(10)11(9(7)3)14(15)16;1-7-8(2)10-6-13(4,5)15-12(10)11(14)9(7)3;/h6H2,1-5H3;6,14H2,1-5H3;1H. The second kappa shape index (κ2) is 8.71. The number of nitro benzene ring substituents is 1. The molecule has 0 bridgehead atoms. The van der Waals surface area contributed by atoms with E-state index in [1.165, 1.54) is 16.7 Å². The SMILES string of the molecule is Cc1c(C)c(N)c2c(c1C)CC(C)(C)O2.Cc1c(C)c2c(c([N+](=O)[O-])c1C)OC(C)(C)C2.Cl. The lowest BCUT2D eigenvalue weighted by atomic mass is 9.92. The minimum Gasteiger partial charge on any atom is -0.485 e. The predicted molar refractivity (Wildman–Crippen MR) is 136 cm³/mol. The highest BCUT2D eigenvalue weighted by atomic mass is 35.5. The summed E-state index contributed by atoms with van der Waals surface area (Å²) in [5.74, 6) is 1.39. The van der Waals surface area contributed by atoms with Crippen molar-refractivity contribution < 1.29 is 14.4 Å². The van der Waals surface area contributed by atoms with Crippen LogP contribution in [0.15, 0.2) is 0 Å². The molecule has 2 N–H and O–H groups in total. The Morgan fingerprint density at radius 3 is 1.58 bits per heavy atom. The fourth-order valence-corrected chi connectivity index (χ4v) is 4.73. The fourth-order valence-electron chi connectivity index (χ4n) is 4.73. The predicted octanol–water partition coefficient (Wildman–Crippen LogP) is 6.56. The lowest BCUT2D eigenvalue weighted by Crippen LogP contribution is -2.25. The fraction of sp³-hybridized carbons (Fsp3) is 0.538. The van der Waals surface area contributed by atoms with Crippen molar-refractivity contribution in [1.29, 1.82) is 0 Å². The van der Waals surface area contributed by atoms with E-state index in [2.05, 4.69) is 34.6 Å². The maximum atomic E-state index is 11.2. The van der Waals surface area contributed by atoms with Crippen LogP contribution in [-0.4, -0.2) is 16.1 Å². The van der Waals surface area contributed by atoms with Gasteiger partial charge < -0.3 is 15.2 Å². The molecule has 4 rings (SSSR count). The molecule has 2 aromatic rings. The number of halogens is 1. The molecular weight excluding hydrogens is 440 g/mol. The van der Waals surface area contributed by atoms with Gasteiger partial charge in [-0.05, 0) is 97.1 Å². The Hall–Kier alpha value is -2.47. The van der Waals surface area contributed by atoms with Crippen LogP contribution in [0.4, 0.5) is 11.4 Å². The van der Waals surface area contributed by atoms with E-state index in [1.54, 1.807) is 6.92 Å². The summed E-state index contributed by atoms with van der Waals surface area (Å²) < 4.78 is 11.7. The minimum absolute atomic E-state index is 0. The van der Waals surface area contributed by atoms with E-state index in [4.69, 9.17) is 15.2 Å². The summed E-state index contributed by atoms with van der Waals surface area (Å²) >= 11 is 0. The van der Waals surface area contributed by atoms with Crippen LogP contribution in [0.1, 0.15) is 72.2 Å². The van der Waals surface area contributed by atoms with Gasteiger partial charge in [0.1, 0.15) is 17.0 Å². The van der Waals surface area contributed by atoms with Gasteiger partial charge >= 0.3 is 5.69 Å². The van der Waals surface area contributed by atoms with E-state index >= 15 is 0 Å². The van der Waals surface area contributed by atoms with E-state index in [1.807, 2.05) is 27.7 Å². The Labute approximate surface area is 203 Å². The molecule has 0 saturated carbocycles. The van der Waals surface area contributed by atoms with Crippen LogP contribution in [0.3, 0.4) is 0 Å². The maximum absolute atomic E-state index is 11.2. The van der Waals surface area contributed by atoms with E-state index in [0.29, 0.717) is 11.3 Å². The van der Waals surface area contributed by atoms with Crippen molar-refractivity contribution in [2.24, 2.45) is 0 Å². The Balaban J connectivity index is 0.000000228. The van der Waals surface area contributed by atoms with Crippen LogP contribution in [-0.2, 0) is 12.8 Å². The molecule has 0 radical (unpaired) electrons. The van der Waals surface area contributed by atoms with Crippen molar-refractivity contribution in [3.63, 3.8) is 0 Å². The maximum Gasteiger partial charge on any atom is 0.314 e. The van der Waals surface area contributed by atoms with Gasteiger partial charge in [-0.25, -0.2) is 0 Å². The molecule has 182 valence electrons. The molecule has 2 aromatic carbocycles. The van der Waals surface area contributed by atoms with Gasteiger partial charge in [0.15, 0.2) is 0 Å². The molecule has 0 fully saturated rings. The summed E-state index contributed by atoms with van der Waals surface area (Å²) in [6.07, 6.45) is 1.69. The largest absolute Gasteiger partial charge is 0.485 e. The molecule has 0 saturated heterocycles. The second-order valence-corrected chi connectivity index (χ2v) is 10.5. The second-order valence-electron chi connectivity index (χ2n) is 10.5. The minimum atomic E-state index is -0.349. The molecule has 0 aliphatic carbocycles. The zero-order valence-corrected chi connectivity index (χ0v) is 22.3. The van der Waals surface area contributed by atoms with Gasteiger partial charge in [-0.3, -0.25) is 10.1 Å². The topological polar surface area (TPSA) is 87.6 Å². The van der Waals surface area contributed by atoms with E-state index in [-0.39, 0.29) is 34.2 Å². The Morgan fingerprint density at radius 1 is 0.727 bits per heavy atom.